The average molecular weight is 273 g/mol. The Morgan fingerprint density at radius 3 is 2.65 bits per heavy atom. The Labute approximate surface area is 117 Å². The molecule has 1 aliphatic carbocycles. The molecular weight excluding hydrogens is 254 g/mol. The second-order valence-corrected chi connectivity index (χ2v) is 5.61. The molecule has 2 N–H and O–H groups in total. The van der Waals surface area contributed by atoms with Gasteiger partial charge in [0.1, 0.15) is 19.0 Å². The molecular formula is C15H19N3O2. The van der Waals surface area contributed by atoms with E-state index < -0.39 is 0 Å². The molecule has 1 aromatic carbocycles. The summed E-state index contributed by atoms with van der Waals surface area (Å²) < 4.78 is 13.6. The van der Waals surface area contributed by atoms with Crippen LogP contribution in [0.2, 0.25) is 0 Å². The number of nitrogens with two attached hydrogens (primary N) is 1. The number of hydrogen-bond acceptors (Lipinski definition) is 4. The summed E-state index contributed by atoms with van der Waals surface area (Å²) in [5.41, 5.74) is 7.84. The maximum atomic E-state index is 5.72. The number of nitrogens with zero attached hydrogens (tertiary/aromatic N) is 2. The lowest BCUT2D eigenvalue weighted by Gasteiger charge is -2.18. The van der Waals surface area contributed by atoms with E-state index in [4.69, 9.17) is 20.2 Å². The third-order valence-corrected chi connectivity index (χ3v) is 4.00. The Kier molecular flexibility index (Phi) is 2.80. The molecule has 106 valence electrons. The largest absolute Gasteiger partial charge is 0.486 e. The molecule has 2 aromatic rings. The highest BCUT2D eigenvalue weighted by Gasteiger charge is 2.25. The number of benzene rings is 1. The minimum absolute atomic E-state index is 0.608. The number of aromatic nitrogens is 2. The molecule has 0 saturated heterocycles. The monoisotopic (exact) mass is 273 g/mol. The number of fused-ring (bicyclic) bond motifs is 2. The molecule has 2 heterocycles. The molecule has 0 radical (unpaired) electrons. The second-order valence-electron chi connectivity index (χ2n) is 5.61. The average Bonchev–Trinajstić information content (AvgIpc) is 3.22. The van der Waals surface area contributed by atoms with Crippen LogP contribution in [0.3, 0.4) is 0 Å². The summed E-state index contributed by atoms with van der Waals surface area (Å²) in [4.78, 5) is 4.74. The third kappa shape index (κ3) is 2.02. The molecule has 20 heavy (non-hydrogen) atoms. The summed E-state index contributed by atoms with van der Waals surface area (Å²) in [6, 6.07) is 4.06. The van der Waals surface area contributed by atoms with Crippen LogP contribution in [0.4, 0.5) is 0 Å². The summed E-state index contributed by atoms with van der Waals surface area (Å²) in [5.74, 6) is 3.52. The molecule has 1 saturated carbocycles. The quantitative estimate of drug-likeness (QED) is 0.921. The van der Waals surface area contributed by atoms with Gasteiger partial charge in [0.2, 0.25) is 0 Å². The Morgan fingerprint density at radius 1 is 1.20 bits per heavy atom. The van der Waals surface area contributed by atoms with Crippen molar-refractivity contribution in [3.05, 3.63) is 18.0 Å². The predicted octanol–water partition coefficient (Wildman–Crippen LogP) is 1.72. The first kappa shape index (κ1) is 12.0. The van der Waals surface area contributed by atoms with Gasteiger partial charge in [-0.15, -0.1) is 0 Å². The minimum Gasteiger partial charge on any atom is -0.486 e. The fourth-order valence-electron chi connectivity index (χ4n) is 2.79. The molecule has 1 aliphatic heterocycles. The van der Waals surface area contributed by atoms with E-state index in [1.807, 2.05) is 6.07 Å². The molecule has 0 unspecified atom stereocenters. The standard InChI is InChI=1S/C15H19N3O2/c16-4-3-15-17-11-7-13-14(20-6-5-19-13)8-12(11)18(15)9-10-1-2-10/h7-8,10H,1-6,9,16H2. The summed E-state index contributed by atoms with van der Waals surface area (Å²) in [6.45, 7) is 2.90. The van der Waals surface area contributed by atoms with Crippen molar-refractivity contribution in [1.82, 2.24) is 9.55 Å². The lowest BCUT2D eigenvalue weighted by molar-refractivity contribution is 0.172. The zero-order valence-corrected chi connectivity index (χ0v) is 11.5. The summed E-state index contributed by atoms with van der Waals surface area (Å²) in [7, 11) is 0. The van der Waals surface area contributed by atoms with Gasteiger partial charge in [-0.25, -0.2) is 4.98 Å². The van der Waals surface area contributed by atoms with Crippen LogP contribution in [0.1, 0.15) is 18.7 Å². The molecule has 5 heteroatoms. The van der Waals surface area contributed by atoms with Crippen LogP contribution in [-0.2, 0) is 13.0 Å². The molecule has 1 aromatic heterocycles. The molecule has 0 bridgehead atoms. The highest BCUT2D eigenvalue weighted by atomic mass is 16.6. The van der Waals surface area contributed by atoms with Crippen LogP contribution >= 0.6 is 0 Å². The van der Waals surface area contributed by atoms with Crippen LogP contribution in [0.5, 0.6) is 11.5 Å². The van der Waals surface area contributed by atoms with Crippen molar-refractivity contribution in [3.8, 4) is 11.5 Å². The predicted molar refractivity (Wildman–Crippen MR) is 76.2 cm³/mol. The highest BCUT2D eigenvalue weighted by Crippen LogP contribution is 2.37. The van der Waals surface area contributed by atoms with Gasteiger partial charge in [0.25, 0.3) is 0 Å². The van der Waals surface area contributed by atoms with Crippen molar-refractivity contribution in [3.63, 3.8) is 0 Å². The van der Waals surface area contributed by atoms with Crippen LogP contribution in [0.25, 0.3) is 11.0 Å². The van der Waals surface area contributed by atoms with Crippen LogP contribution in [0.15, 0.2) is 12.1 Å². The lowest BCUT2D eigenvalue weighted by atomic mass is 10.2. The van der Waals surface area contributed by atoms with Gasteiger partial charge >= 0.3 is 0 Å². The van der Waals surface area contributed by atoms with Gasteiger partial charge in [-0.05, 0) is 25.3 Å². The molecule has 0 spiro atoms. The molecule has 0 atom stereocenters. The van der Waals surface area contributed by atoms with E-state index in [0.717, 1.165) is 47.2 Å². The van der Waals surface area contributed by atoms with E-state index in [2.05, 4.69) is 10.6 Å². The first-order chi connectivity index (χ1) is 9.85. The summed E-state index contributed by atoms with van der Waals surface area (Å²) in [5, 5.41) is 0. The van der Waals surface area contributed by atoms with Crippen molar-refractivity contribution in [2.45, 2.75) is 25.8 Å². The maximum absolute atomic E-state index is 5.72. The number of imidazole rings is 1. The van der Waals surface area contributed by atoms with Gasteiger partial charge in [0, 0.05) is 25.1 Å². The van der Waals surface area contributed by atoms with E-state index >= 15 is 0 Å². The summed E-state index contributed by atoms with van der Waals surface area (Å²) in [6.07, 6.45) is 3.46. The molecule has 1 fully saturated rings. The van der Waals surface area contributed by atoms with E-state index in [1.54, 1.807) is 0 Å². The molecule has 4 rings (SSSR count). The van der Waals surface area contributed by atoms with Crippen molar-refractivity contribution in [1.29, 1.82) is 0 Å². The van der Waals surface area contributed by atoms with Gasteiger partial charge in [-0.1, -0.05) is 0 Å². The SMILES string of the molecule is NCCc1nc2cc3c(cc2n1CC1CC1)OCCO3. The Morgan fingerprint density at radius 2 is 1.95 bits per heavy atom. The topological polar surface area (TPSA) is 62.3 Å². The van der Waals surface area contributed by atoms with Crippen LogP contribution < -0.4 is 15.2 Å². The Bertz CT molecular complexity index is 646. The Hall–Kier alpha value is -1.75. The van der Waals surface area contributed by atoms with Crippen molar-refractivity contribution < 1.29 is 9.47 Å². The van der Waals surface area contributed by atoms with E-state index in [1.165, 1.54) is 12.8 Å². The normalized spacial score (nSPS) is 17.6. The third-order valence-electron chi connectivity index (χ3n) is 4.00. The second kappa shape index (κ2) is 4.66. The van der Waals surface area contributed by atoms with Gasteiger partial charge in [0.15, 0.2) is 11.5 Å². The van der Waals surface area contributed by atoms with Crippen molar-refractivity contribution >= 4 is 11.0 Å². The molecule has 2 aliphatic rings. The molecule has 0 amide bonds. The first-order valence-corrected chi connectivity index (χ1v) is 7.34. The van der Waals surface area contributed by atoms with Gasteiger partial charge in [-0.2, -0.15) is 0 Å². The van der Waals surface area contributed by atoms with E-state index in [0.29, 0.717) is 19.8 Å². The first-order valence-electron chi connectivity index (χ1n) is 7.34. The fourth-order valence-corrected chi connectivity index (χ4v) is 2.79. The number of ether oxygens (including phenoxy) is 2. The number of hydrogen-bond donors (Lipinski definition) is 1. The van der Waals surface area contributed by atoms with Gasteiger partial charge in [-0.3, -0.25) is 0 Å². The van der Waals surface area contributed by atoms with Crippen molar-refractivity contribution in [2.75, 3.05) is 19.8 Å². The zero-order valence-electron chi connectivity index (χ0n) is 11.5. The zero-order chi connectivity index (χ0) is 13.5. The lowest BCUT2D eigenvalue weighted by Crippen LogP contribution is -2.15. The summed E-state index contributed by atoms with van der Waals surface area (Å²) >= 11 is 0. The molecule has 5 nitrogen and oxygen atoms in total. The smallest absolute Gasteiger partial charge is 0.163 e. The highest BCUT2D eigenvalue weighted by molar-refractivity contribution is 5.80. The van der Waals surface area contributed by atoms with Crippen LogP contribution in [-0.4, -0.2) is 29.3 Å². The number of rotatable bonds is 4. The van der Waals surface area contributed by atoms with Crippen molar-refractivity contribution in [2.24, 2.45) is 11.7 Å². The Balaban J connectivity index is 1.84. The maximum Gasteiger partial charge on any atom is 0.163 e. The van der Waals surface area contributed by atoms with E-state index in [-0.39, 0.29) is 0 Å². The van der Waals surface area contributed by atoms with Gasteiger partial charge in [0.05, 0.1) is 11.0 Å². The van der Waals surface area contributed by atoms with Gasteiger partial charge < -0.3 is 19.8 Å². The van der Waals surface area contributed by atoms with Crippen LogP contribution in [0, 0.1) is 5.92 Å². The fraction of sp³-hybridized carbons (Fsp3) is 0.533. The van der Waals surface area contributed by atoms with E-state index in [9.17, 15) is 0 Å². The minimum atomic E-state index is 0.608.